The van der Waals surface area contributed by atoms with Crippen LogP contribution < -0.4 is 10.6 Å². The summed E-state index contributed by atoms with van der Waals surface area (Å²) in [5.74, 6) is -0.830. The zero-order valence-electron chi connectivity index (χ0n) is 26.3. The summed E-state index contributed by atoms with van der Waals surface area (Å²) >= 11 is 0. The molecule has 3 amide bonds. The Bertz CT molecular complexity index is 1180. The molecule has 40 heavy (non-hydrogen) atoms. The number of nitrogens with zero attached hydrogens (tertiary/aromatic N) is 1. The van der Waals surface area contributed by atoms with Gasteiger partial charge in [0.2, 0.25) is 5.91 Å². The largest absolute Gasteiger partial charge is 0.444 e. The molecule has 2 aromatic carbocycles. The first-order valence-corrected chi connectivity index (χ1v) is 14.3. The quantitative estimate of drug-likeness (QED) is 0.326. The second kappa shape index (κ2) is 13.3. The van der Waals surface area contributed by atoms with Crippen molar-refractivity contribution in [3.8, 4) is 0 Å². The van der Waals surface area contributed by atoms with Gasteiger partial charge in [0.25, 0.3) is 5.91 Å². The van der Waals surface area contributed by atoms with Gasteiger partial charge in [-0.05, 0) is 84.4 Å². The molecule has 0 radical (unpaired) electrons. The molecular formula is C33H49N3O4. The number of carbonyl (C=O) groups is 3. The number of carbonyl (C=O) groups excluding carboxylic acids is 3. The average Bonchev–Trinajstić information content (AvgIpc) is 2.85. The molecule has 7 heteroatoms. The summed E-state index contributed by atoms with van der Waals surface area (Å²) in [5.41, 5.74) is 2.86. The molecule has 0 aliphatic carbocycles. The highest BCUT2D eigenvalue weighted by molar-refractivity contribution is 6.00. The molecule has 0 saturated carbocycles. The molecular weight excluding hydrogens is 502 g/mol. The third kappa shape index (κ3) is 8.33. The van der Waals surface area contributed by atoms with E-state index in [1.54, 1.807) is 25.7 Å². The Kier molecular flexibility index (Phi) is 11.0. The van der Waals surface area contributed by atoms with E-state index in [0.717, 1.165) is 22.4 Å². The van der Waals surface area contributed by atoms with E-state index in [-0.39, 0.29) is 17.7 Å². The number of anilines is 1. The molecule has 0 aliphatic rings. The van der Waals surface area contributed by atoms with Crippen LogP contribution in [0.4, 0.5) is 10.5 Å². The van der Waals surface area contributed by atoms with Crippen LogP contribution in [0.3, 0.4) is 0 Å². The Balaban J connectivity index is 2.70. The average molecular weight is 552 g/mol. The van der Waals surface area contributed by atoms with Gasteiger partial charge in [-0.1, -0.05) is 75.2 Å². The lowest BCUT2D eigenvalue weighted by atomic mass is 9.89. The lowest BCUT2D eigenvalue weighted by Gasteiger charge is -2.45. The zero-order chi connectivity index (χ0) is 30.4. The zero-order valence-corrected chi connectivity index (χ0v) is 26.3. The van der Waals surface area contributed by atoms with E-state index in [2.05, 4.69) is 10.6 Å². The predicted molar refractivity (Wildman–Crippen MR) is 162 cm³/mol. The van der Waals surface area contributed by atoms with Crippen LogP contribution in [0.5, 0.6) is 0 Å². The number of hydrogen-bond acceptors (Lipinski definition) is 4. The number of hydrogen-bond donors (Lipinski definition) is 2. The molecule has 220 valence electrons. The summed E-state index contributed by atoms with van der Waals surface area (Å²) in [6.07, 6.45) is 0.584. The van der Waals surface area contributed by atoms with Crippen molar-refractivity contribution in [2.45, 2.75) is 112 Å². The number of nitrogens with one attached hydrogen (secondary N) is 2. The number of para-hydroxylation sites is 1. The molecule has 2 N–H and O–H groups in total. The topological polar surface area (TPSA) is 87.7 Å². The van der Waals surface area contributed by atoms with Gasteiger partial charge in [0.15, 0.2) is 0 Å². The second-order valence-electron chi connectivity index (χ2n) is 12.5. The molecule has 0 bridgehead atoms. The molecule has 2 rings (SSSR count). The first-order valence-electron chi connectivity index (χ1n) is 14.3. The van der Waals surface area contributed by atoms with Crippen molar-refractivity contribution in [2.75, 3.05) is 5.32 Å². The second-order valence-corrected chi connectivity index (χ2v) is 12.5. The maximum atomic E-state index is 14.6. The predicted octanol–water partition coefficient (Wildman–Crippen LogP) is 7.25. The summed E-state index contributed by atoms with van der Waals surface area (Å²) in [6, 6.07) is 11.7. The Morgan fingerprint density at radius 1 is 0.925 bits per heavy atom. The van der Waals surface area contributed by atoms with Crippen molar-refractivity contribution >= 4 is 23.6 Å². The van der Waals surface area contributed by atoms with Gasteiger partial charge in [0.05, 0.1) is 0 Å². The fourth-order valence-electron chi connectivity index (χ4n) is 4.67. The van der Waals surface area contributed by atoms with Gasteiger partial charge in [-0.25, -0.2) is 4.79 Å². The Hall–Kier alpha value is -3.35. The van der Waals surface area contributed by atoms with Gasteiger partial charge >= 0.3 is 6.09 Å². The minimum Gasteiger partial charge on any atom is -0.444 e. The van der Waals surface area contributed by atoms with Gasteiger partial charge < -0.3 is 20.3 Å². The first-order chi connectivity index (χ1) is 18.5. The van der Waals surface area contributed by atoms with Crippen LogP contribution in [0.15, 0.2) is 42.5 Å². The normalized spacial score (nSPS) is 14.1. The van der Waals surface area contributed by atoms with Crippen LogP contribution in [-0.2, 0) is 14.3 Å². The van der Waals surface area contributed by atoms with E-state index in [4.69, 9.17) is 4.74 Å². The van der Waals surface area contributed by atoms with Crippen molar-refractivity contribution in [3.05, 3.63) is 64.7 Å². The Labute approximate surface area is 241 Å². The van der Waals surface area contributed by atoms with Crippen molar-refractivity contribution in [1.82, 2.24) is 10.2 Å². The SMILES string of the molecule is CCC(C)C(NC(=O)OC(C)(C)C)C(=O)N(C(C(=O)Nc1c(C)cccc1C)c1cccc(C)c1)C(C)(C)CC. The minimum absolute atomic E-state index is 0.199. The van der Waals surface area contributed by atoms with E-state index in [0.29, 0.717) is 18.4 Å². The van der Waals surface area contributed by atoms with E-state index in [9.17, 15) is 14.4 Å². The highest BCUT2D eigenvalue weighted by Crippen LogP contribution is 2.35. The molecule has 0 spiro atoms. The number of rotatable bonds is 10. The number of aryl methyl sites for hydroxylation is 3. The van der Waals surface area contributed by atoms with Crippen LogP contribution in [0, 0.1) is 26.7 Å². The highest BCUT2D eigenvalue weighted by Gasteiger charge is 2.44. The smallest absolute Gasteiger partial charge is 0.408 e. The summed E-state index contributed by atoms with van der Waals surface area (Å²) in [7, 11) is 0. The first kappa shape index (κ1) is 32.9. The summed E-state index contributed by atoms with van der Waals surface area (Å²) in [5, 5.41) is 5.98. The van der Waals surface area contributed by atoms with Crippen LogP contribution in [0.1, 0.15) is 96.5 Å². The molecule has 3 atom stereocenters. The summed E-state index contributed by atoms with van der Waals surface area (Å²) < 4.78 is 5.52. The highest BCUT2D eigenvalue weighted by atomic mass is 16.6. The molecule has 2 aromatic rings. The van der Waals surface area contributed by atoms with Gasteiger partial charge in [-0.2, -0.15) is 0 Å². The molecule has 7 nitrogen and oxygen atoms in total. The van der Waals surface area contributed by atoms with Crippen molar-refractivity contribution in [2.24, 2.45) is 5.92 Å². The number of amides is 3. The van der Waals surface area contributed by atoms with Crippen LogP contribution in [-0.4, -0.2) is 40.0 Å². The molecule has 3 unspecified atom stereocenters. The van der Waals surface area contributed by atoms with Gasteiger partial charge in [-0.15, -0.1) is 0 Å². The van der Waals surface area contributed by atoms with E-state index < -0.39 is 29.3 Å². The summed E-state index contributed by atoms with van der Waals surface area (Å²) in [6.45, 7) is 21.0. The minimum atomic E-state index is -0.937. The van der Waals surface area contributed by atoms with E-state index in [1.165, 1.54) is 0 Å². The maximum Gasteiger partial charge on any atom is 0.408 e. The van der Waals surface area contributed by atoms with Crippen molar-refractivity contribution in [3.63, 3.8) is 0 Å². The van der Waals surface area contributed by atoms with Gasteiger partial charge in [0, 0.05) is 11.2 Å². The third-order valence-corrected chi connectivity index (χ3v) is 7.50. The lowest BCUT2D eigenvalue weighted by molar-refractivity contribution is -0.148. The molecule has 0 aromatic heterocycles. The maximum absolute atomic E-state index is 14.6. The fraction of sp³-hybridized carbons (Fsp3) is 0.545. The number of alkyl carbamates (subject to hydrolysis) is 1. The third-order valence-electron chi connectivity index (χ3n) is 7.50. The monoisotopic (exact) mass is 551 g/mol. The molecule has 0 fully saturated rings. The van der Waals surface area contributed by atoms with Crippen LogP contribution in [0.2, 0.25) is 0 Å². The van der Waals surface area contributed by atoms with Gasteiger partial charge in [0.1, 0.15) is 17.7 Å². The Morgan fingerprint density at radius 2 is 1.50 bits per heavy atom. The van der Waals surface area contributed by atoms with Crippen molar-refractivity contribution < 1.29 is 19.1 Å². The van der Waals surface area contributed by atoms with Crippen LogP contribution in [0.25, 0.3) is 0 Å². The number of benzene rings is 2. The molecule has 0 aliphatic heterocycles. The van der Waals surface area contributed by atoms with Crippen molar-refractivity contribution in [1.29, 1.82) is 0 Å². The van der Waals surface area contributed by atoms with Crippen LogP contribution >= 0.6 is 0 Å². The molecule has 0 heterocycles. The fourth-order valence-corrected chi connectivity index (χ4v) is 4.67. The summed E-state index contributed by atoms with van der Waals surface area (Å²) in [4.78, 5) is 43.5. The molecule has 0 saturated heterocycles. The lowest BCUT2D eigenvalue weighted by Crippen LogP contribution is -2.60. The standard InChI is InChI=1S/C33H49N3O4/c1-12-22(4)27(35-31(39)40-32(7,8)9)30(38)36(33(10,11)13-2)28(25-19-14-16-21(3)20-25)29(37)34-26-23(5)17-15-18-24(26)6/h14-20,22,27-28H,12-13H2,1-11H3,(H,34,37)(H,35,39). The van der Waals surface area contributed by atoms with E-state index in [1.807, 2.05) is 97.9 Å². The number of ether oxygens (including phenoxy) is 1. The Morgan fingerprint density at radius 3 is 2.00 bits per heavy atom. The van der Waals surface area contributed by atoms with Gasteiger partial charge in [-0.3, -0.25) is 9.59 Å². The van der Waals surface area contributed by atoms with E-state index >= 15 is 0 Å².